The van der Waals surface area contributed by atoms with Crippen LogP contribution in [0.2, 0.25) is 0 Å². The molecule has 2 aromatic rings. The Hall–Kier alpha value is -2.26. The van der Waals surface area contributed by atoms with E-state index in [2.05, 4.69) is 42.0 Å². The molecule has 4 rings (SSSR count). The predicted molar refractivity (Wildman–Crippen MR) is 98.1 cm³/mol. The molecule has 140 valence electrons. The van der Waals surface area contributed by atoms with Crippen molar-refractivity contribution in [3.8, 4) is 0 Å². The van der Waals surface area contributed by atoms with E-state index in [1.807, 2.05) is 17.8 Å². The van der Waals surface area contributed by atoms with Crippen molar-refractivity contribution in [2.24, 2.45) is 0 Å². The van der Waals surface area contributed by atoms with E-state index in [9.17, 15) is 0 Å². The fourth-order valence-electron chi connectivity index (χ4n) is 3.50. The van der Waals surface area contributed by atoms with Crippen LogP contribution < -0.4 is 15.5 Å². The summed E-state index contributed by atoms with van der Waals surface area (Å²) in [5.74, 6) is 1.53. The van der Waals surface area contributed by atoms with Crippen molar-refractivity contribution in [3.63, 3.8) is 0 Å². The number of rotatable bonds is 7. The van der Waals surface area contributed by atoms with Gasteiger partial charge < -0.3 is 20.3 Å². The maximum absolute atomic E-state index is 5.69. The van der Waals surface area contributed by atoms with E-state index < -0.39 is 0 Å². The zero-order chi connectivity index (χ0) is 17.9. The molecular weight excluding hydrogens is 332 g/mol. The van der Waals surface area contributed by atoms with Crippen molar-refractivity contribution in [1.29, 1.82) is 0 Å². The molecule has 0 radical (unpaired) electrons. The Balaban J connectivity index is 1.37. The minimum absolute atomic E-state index is 0.102. The molecule has 1 saturated carbocycles. The molecule has 2 fully saturated rings. The van der Waals surface area contributed by atoms with Gasteiger partial charge in [0.05, 0.1) is 30.1 Å². The first-order chi connectivity index (χ1) is 12.8. The van der Waals surface area contributed by atoms with Gasteiger partial charge in [0, 0.05) is 40.0 Å². The number of nitrogens with zero attached hydrogens (tertiary/aromatic N) is 6. The molecule has 1 aliphatic heterocycles. The van der Waals surface area contributed by atoms with E-state index in [0.717, 1.165) is 24.6 Å². The van der Waals surface area contributed by atoms with E-state index >= 15 is 0 Å². The molecule has 0 spiro atoms. The Morgan fingerprint density at radius 1 is 1.31 bits per heavy atom. The zero-order valence-electron chi connectivity index (χ0n) is 15.3. The SMILES string of the molecule is CNc1nccc(N2C[C@H](OC)[C@H](NCc3cn(C4CCC4)nn3)C2)n1. The molecule has 9 heteroatoms. The first-order valence-corrected chi connectivity index (χ1v) is 9.19. The molecule has 3 heterocycles. The van der Waals surface area contributed by atoms with Crippen molar-refractivity contribution in [3.05, 3.63) is 24.2 Å². The molecule has 0 amide bonds. The number of aromatic nitrogens is 5. The third-order valence-corrected chi connectivity index (χ3v) is 5.31. The number of nitrogens with one attached hydrogen (secondary N) is 2. The highest BCUT2D eigenvalue weighted by Crippen LogP contribution is 2.30. The molecule has 2 atom stereocenters. The molecular formula is C17H26N8O. The minimum atomic E-state index is 0.102. The number of methoxy groups -OCH3 is 1. The first-order valence-electron chi connectivity index (χ1n) is 9.19. The highest BCUT2D eigenvalue weighted by molar-refractivity contribution is 5.44. The van der Waals surface area contributed by atoms with E-state index in [-0.39, 0.29) is 12.1 Å². The van der Waals surface area contributed by atoms with Crippen LogP contribution >= 0.6 is 0 Å². The van der Waals surface area contributed by atoms with Crippen LogP contribution in [-0.2, 0) is 11.3 Å². The van der Waals surface area contributed by atoms with Gasteiger partial charge >= 0.3 is 0 Å². The lowest BCUT2D eigenvalue weighted by atomic mass is 9.93. The van der Waals surface area contributed by atoms with Gasteiger partial charge in [0.25, 0.3) is 0 Å². The summed E-state index contributed by atoms with van der Waals surface area (Å²) in [6, 6.07) is 2.69. The highest BCUT2D eigenvalue weighted by Gasteiger charge is 2.33. The number of anilines is 2. The molecule has 2 aliphatic rings. The topological polar surface area (TPSA) is 93.0 Å². The van der Waals surface area contributed by atoms with Crippen LogP contribution in [0, 0.1) is 0 Å². The van der Waals surface area contributed by atoms with Gasteiger partial charge in [-0.2, -0.15) is 4.98 Å². The molecule has 0 bridgehead atoms. The summed E-state index contributed by atoms with van der Waals surface area (Å²) in [7, 11) is 3.58. The predicted octanol–water partition coefficient (Wildman–Crippen LogP) is 0.828. The zero-order valence-corrected chi connectivity index (χ0v) is 15.3. The summed E-state index contributed by atoms with van der Waals surface area (Å²) in [6.45, 7) is 2.31. The summed E-state index contributed by atoms with van der Waals surface area (Å²) in [6.07, 6.45) is 7.67. The normalized spacial score (nSPS) is 23.2. The average Bonchev–Trinajstić information content (AvgIpc) is 3.25. The van der Waals surface area contributed by atoms with E-state index in [0.29, 0.717) is 18.5 Å². The molecule has 1 aliphatic carbocycles. The van der Waals surface area contributed by atoms with Crippen LogP contribution in [0.4, 0.5) is 11.8 Å². The van der Waals surface area contributed by atoms with Crippen LogP contribution in [0.15, 0.2) is 18.5 Å². The average molecular weight is 358 g/mol. The second-order valence-electron chi connectivity index (χ2n) is 6.93. The van der Waals surface area contributed by atoms with Crippen LogP contribution in [-0.4, -0.2) is 64.4 Å². The second kappa shape index (κ2) is 7.55. The third kappa shape index (κ3) is 3.49. The van der Waals surface area contributed by atoms with Gasteiger partial charge in [-0.3, -0.25) is 0 Å². The van der Waals surface area contributed by atoms with Gasteiger partial charge in [-0.05, 0) is 25.3 Å². The number of ether oxygens (including phenoxy) is 1. The molecule has 2 N–H and O–H groups in total. The summed E-state index contributed by atoms with van der Waals surface area (Å²) in [5, 5.41) is 15.1. The molecule has 0 aromatic carbocycles. The van der Waals surface area contributed by atoms with Crippen molar-refractivity contribution >= 4 is 11.8 Å². The Bertz CT molecular complexity index is 731. The Labute approximate surface area is 153 Å². The highest BCUT2D eigenvalue weighted by atomic mass is 16.5. The molecule has 26 heavy (non-hydrogen) atoms. The lowest BCUT2D eigenvalue weighted by molar-refractivity contribution is 0.0965. The Morgan fingerprint density at radius 2 is 2.19 bits per heavy atom. The van der Waals surface area contributed by atoms with Crippen LogP contribution in [0.5, 0.6) is 0 Å². The quantitative estimate of drug-likeness (QED) is 0.752. The van der Waals surface area contributed by atoms with Gasteiger partial charge in [-0.25, -0.2) is 9.67 Å². The lowest BCUT2D eigenvalue weighted by Crippen LogP contribution is -2.39. The van der Waals surface area contributed by atoms with Crippen molar-refractivity contribution in [2.45, 2.75) is 44.0 Å². The fourth-order valence-corrected chi connectivity index (χ4v) is 3.50. The monoisotopic (exact) mass is 358 g/mol. The van der Waals surface area contributed by atoms with Crippen molar-refractivity contribution < 1.29 is 4.74 Å². The number of hydrogen-bond donors (Lipinski definition) is 2. The van der Waals surface area contributed by atoms with E-state index in [1.165, 1.54) is 19.3 Å². The van der Waals surface area contributed by atoms with Crippen molar-refractivity contribution in [1.82, 2.24) is 30.3 Å². The minimum Gasteiger partial charge on any atom is -0.378 e. The van der Waals surface area contributed by atoms with Gasteiger partial charge in [-0.15, -0.1) is 5.10 Å². The number of hydrogen-bond acceptors (Lipinski definition) is 8. The lowest BCUT2D eigenvalue weighted by Gasteiger charge is -2.24. The first kappa shape index (κ1) is 17.2. The Morgan fingerprint density at radius 3 is 2.92 bits per heavy atom. The van der Waals surface area contributed by atoms with Crippen LogP contribution in [0.25, 0.3) is 0 Å². The van der Waals surface area contributed by atoms with Gasteiger partial charge in [-0.1, -0.05) is 5.21 Å². The summed E-state index contributed by atoms with van der Waals surface area (Å²) in [5.41, 5.74) is 0.977. The van der Waals surface area contributed by atoms with Crippen molar-refractivity contribution in [2.75, 3.05) is 37.5 Å². The van der Waals surface area contributed by atoms with Gasteiger partial charge in [0.1, 0.15) is 5.82 Å². The molecule has 2 aromatic heterocycles. The van der Waals surface area contributed by atoms with Crippen LogP contribution in [0.3, 0.4) is 0 Å². The maximum atomic E-state index is 5.69. The van der Waals surface area contributed by atoms with Gasteiger partial charge in [0.15, 0.2) is 0 Å². The summed E-state index contributed by atoms with van der Waals surface area (Å²) < 4.78 is 7.70. The standard InChI is InChI=1S/C17H26N8O/c1-18-17-19-7-6-16(21-17)24-10-14(15(11-24)26-2)20-8-12-9-25(23-22-12)13-4-3-5-13/h6-7,9,13-15,20H,3-5,8,10-11H2,1-2H3,(H,18,19,21)/t14-,15+/m1/s1. The third-order valence-electron chi connectivity index (χ3n) is 5.31. The maximum Gasteiger partial charge on any atom is 0.224 e. The van der Waals surface area contributed by atoms with E-state index in [4.69, 9.17) is 4.74 Å². The fraction of sp³-hybridized carbons (Fsp3) is 0.647. The summed E-state index contributed by atoms with van der Waals surface area (Å²) in [4.78, 5) is 10.9. The Kier molecular flexibility index (Phi) is 4.98. The van der Waals surface area contributed by atoms with E-state index in [1.54, 1.807) is 13.3 Å². The molecule has 0 unspecified atom stereocenters. The summed E-state index contributed by atoms with van der Waals surface area (Å²) >= 11 is 0. The molecule has 1 saturated heterocycles. The molecule has 9 nitrogen and oxygen atoms in total. The van der Waals surface area contributed by atoms with Crippen LogP contribution in [0.1, 0.15) is 31.0 Å². The van der Waals surface area contributed by atoms with Gasteiger partial charge in [0.2, 0.25) is 5.95 Å². The smallest absolute Gasteiger partial charge is 0.224 e. The second-order valence-corrected chi connectivity index (χ2v) is 6.93. The largest absolute Gasteiger partial charge is 0.378 e.